The van der Waals surface area contributed by atoms with Crippen LogP contribution in [0.1, 0.15) is 15.9 Å². The van der Waals surface area contributed by atoms with E-state index in [9.17, 15) is 18.0 Å². The summed E-state index contributed by atoms with van der Waals surface area (Å²) >= 11 is 0. The standard InChI is InChI=1S/C30H29N3O4S/c1-22-6-2-5-9-28(22)30(35)33-18-16-32(17-19-33)26-13-11-25(12-14-26)31-29(34)21-38(36,37)27-15-10-23-7-3-4-8-24(23)20-27/h2-15,20H,16-19,21H2,1H3,(H,31,34). The van der Waals surface area contributed by atoms with E-state index in [4.69, 9.17) is 0 Å². The molecule has 1 aliphatic rings. The minimum absolute atomic E-state index is 0.0550. The van der Waals surface area contributed by atoms with Gasteiger partial charge in [0.25, 0.3) is 5.91 Å². The Morgan fingerprint density at radius 3 is 2.16 bits per heavy atom. The van der Waals surface area contributed by atoms with Gasteiger partial charge in [0.1, 0.15) is 5.75 Å². The molecule has 194 valence electrons. The smallest absolute Gasteiger partial charge is 0.254 e. The number of rotatable bonds is 6. The summed E-state index contributed by atoms with van der Waals surface area (Å²) in [6.45, 7) is 4.60. The van der Waals surface area contributed by atoms with Gasteiger partial charge >= 0.3 is 0 Å². The molecule has 0 atom stereocenters. The summed E-state index contributed by atoms with van der Waals surface area (Å²) in [5.41, 5.74) is 3.22. The lowest BCUT2D eigenvalue weighted by Gasteiger charge is -2.36. The van der Waals surface area contributed by atoms with Crippen molar-refractivity contribution in [3.05, 3.63) is 102 Å². The van der Waals surface area contributed by atoms with Crippen molar-refractivity contribution in [2.75, 3.05) is 42.1 Å². The van der Waals surface area contributed by atoms with Crippen LogP contribution >= 0.6 is 0 Å². The molecule has 1 N–H and O–H groups in total. The Morgan fingerprint density at radius 2 is 1.45 bits per heavy atom. The van der Waals surface area contributed by atoms with Gasteiger partial charge in [-0.2, -0.15) is 0 Å². The molecule has 8 heteroatoms. The maximum absolute atomic E-state index is 12.9. The second kappa shape index (κ2) is 10.7. The predicted octanol–water partition coefficient (Wildman–Crippen LogP) is 4.52. The first-order valence-corrected chi connectivity index (χ1v) is 14.2. The number of hydrogen-bond donors (Lipinski definition) is 1. The zero-order chi connectivity index (χ0) is 26.7. The highest BCUT2D eigenvalue weighted by atomic mass is 32.2. The fourth-order valence-corrected chi connectivity index (χ4v) is 5.89. The van der Waals surface area contributed by atoms with E-state index in [1.54, 1.807) is 24.3 Å². The van der Waals surface area contributed by atoms with Crippen molar-refractivity contribution in [3.63, 3.8) is 0 Å². The first-order chi connectivity index (χ1) is 18.3. The Balaban J connectivity index is 1.17. The van der Waals surface area contributed by atoms with Gasteiger partial charge in [0.15, 0.2) is 9.84 Å². The van der Waals surface area contributed by atoms with Crippen LogP contribution in [0.2, 0.25) is 0 Å². The molecule has 4 aromatic rings. The van der Waals surface area contributed by atoms with Crippen LogP contribution in [-0.4, -0.2) is 57.1 Å². The summed E-state index contributed by atoms with van der Waals surface area (Å²) < 4.78 is 25.7. The normalized spacial score (nSPS) is 13.9. The average molecular weight is 528 g/mol. The van der Waals surface area contributed by atoms with E-state index >= 15 is 0 Å². The lowest BCUT2D eigenvalue weighted by Crippen LogP contribution is -2.48. The molecule has 4 aromatic carbocycles. The van der Waals surface area contributed by atoms with E-state index in [1.807, 2.05) is 72.5 Å². The second-order valence-electron chi connectivity index (χ2n) is 9.46. The summed E-state index contributed by atoms with van der Waals surface area (Å²) in [6.07, 6.45) is 0. The van der Waals surface area contributed by atoms with Crippen LogP contribution in [0.4, 0.5) is 11.4 Å². The number of aryl methyl sites for hydroxylation is 1. The molecule has 2 amide bonds. The SMILES string of the molecule is Cc1ccccc1C(=O)N1CCN(c2ccc(NC(=O)CS(=O)(=O)c3ccc4ccccc4c3)cc2)CC1. The molecule has 1 heterocycles. The minimum atomic E-state index is -3.78. The molecular weight excluding hydrogens is 498 g/mol. The molecule has 0 spiro atoms. The number of benzene rings is 4. The molecule has 0 unspecified atom stereocenters. The van der Waals surface area contributed by atoms with Gasteiger partial charge in [-0.25, -0.2) is 8.42 Å². The van der Waals surface area contributed by atoms with Gasteiger partial charge in [-0.05, 0) is 65.7 Å². The number of anilines is 2. The van der Waals surface area contributed by atoms with Gasteiger partial charge in [-0.1, -0.05) is 48.5 Å². The van der Waals surface area contributed by atoms with Gasteiger partial charge in [-0.3, -0.25) is 9.59 Å². The fraction of sp³-hybridized carbons (Fsp3) is 0.200. The van der Waals surface area contributed by atoms with Gasteiger partial charge in [0.2, 0.25) is 5.91 Å². The predicted molar refractivity (Wildman–Crippen MR) is 150 cm³/mol. The van der Waals surface area contributed by atoms with Gasteiger partial charge < -0.3 is 15.1 Å². The summed E-state index contributed by atoms with van der Waals surface area (Å²) in [4.78, 5) is 29.6. The monoisotopic (exact) mass is 527 g/mol. The minimum Gasteiger partial charge on any atom is -0.368 e. The Labute approximate surface area is 222 Å². The molecule has 5 rings (SSSR count). The molecule has 7 nitrogen and oxygen atoms in total. The zero-order valence-corrected chi connectivity index (χ0v) is 21.9. The number of nitrogens with one attached hydrogen (secondary N) is 1. The van der Waals surface area contributed by atoms with E-state index in [1.165, 1.54) is 6.07 Å². The van der Waals surface area contributed by atoms with Crippen molar-refractivity contribution in [1.29, 1.82) is 0 Å². The summed E-state index contributed by atoms with van der Waals surface area (Å²) in [6, 6.07) is 27.3. The zero-order valence-electron chi connectivity index (χ0n) is 21.1. The maximum Gasteiger partial charge on any atom is 0.254 e. The third-order valence-electron chi connectivity index (χ3n) is 6.86. The Morgan fingerprint density at radius 1 is 0.789 bits per heavy atom. The highest BCUT2D eigenvalue weighted by Gasteiger charge is 2.24. The van der Waals surface area contributed by atoms with Crippen LogP contribution in [0.5, 0.6) is 0 Å². The quantitative estimate of drug-likeness (QED) is 0.398. The average Bonchev–Trinajstić information content (AvgIpc) is 2.93. The number of carbonyl (C=O) groups is 2. The number of fused-ring (bicyclic) bond motifs is 1. The highest BCUT2D eigenvalue weighted by molar-refractivity contribution is 7.92. The number of sulfone groups is 1. The lowest BCUT2D eigenvalue weighted by molar-refractivity contribution is -0.113. The third-order valence-corrected chi connectivity index (χ3v) is 8.47. The van der Waals surface area contributed by atoms with E-state index in [2.05, 4.69) is 10.2 Å². The van der Waals surface area contributed by atoms with Crippen LogP contribution in [0.25, 0.3) is 10.8 Å². The third kappa shape index (κ3) is 5.55. The van der Waals surface area contributed by atoms with Crippen molar-refractivity contribution in [3.8, 4) is 0 Å². The van der Waals surface area contributed by atoms with E-state index in [0.29, 0.717) is 31.9 Å². The topological polar surface area (TPSA) is 86.8 Å². The Hall–Kier alpha value is -4.17. The summed E-state index contributed by atoms with van der Waals surface area (Å²) in [5, 5.41) is 4.44. The van der Waals surface area contributed by atoms with Crippen molar-refractivity contribution in [2.24, 2.45) is 0 Å². The van der Waals surface area contributed by atoms with Crippen LogP contribution < -0.4 is 10.2 Å². The van der Waals surface area contributed by atoms with Gasteiger partial charge in [-0.15, -0.1) is 0 Å². The lowest BCUT2D eigenvalue weighted by atomic mass is 10.1. The van der Waals surface area contributed by atoms with Crippen molar-refractivity contribution < 1.29 is 18.0 Å². The fourth-order valence-electron chi connectivity index (χ4n) is 4.72. The van der Waals surface area contributed by atoms with Gasteiger partial charge in [0, 0.05) is 43.1 Å². The molecule has 0 saturated carbocycles. The molecule has 1 fully saturated rings. The van der Waals surface area contributed by atoms with E-state index in [0.717, 1.165) is 27.6 Å². The van der Waals surface area contributed by atoms with Crippen LogP contribution in [0.15, 0.2) is 95.9 Å². The molecule has 0 radical (unpaired) electrons. The number of nitrogens with zero attached hydrogens (tertiary/aromatic N) is 2. The highest BCUT2D eigenvalue weighted by Crippen LogP contribution is 2.22. The van der Waals surface area contributed by atoms with Crippen molar-refractivity contribution in [1.82, 2.24) is 4.90 Å². The molecular formula is C30H29N3O4S. The van der Waals surface area contributed by atoms with Gasteiger partial charge in [0.05, 0.1) is 4.90 Å². The second-order valence-corrected chi connectivity index (χ2v) is 11.4. The number of piperazine rings is 1. The van der Waals surface area contributed by atoms with E-state index in [-0.39, 0.29) is 10.8 Å². The van der Waals surface area contributed by atoms with Crippen LogP contribution in [0, 0.1) is 6.92 Å². The maximum atomic E-state index is 12.9. The molecule has 1 saturated heterocycles. The van der Waals surface area contributed by atoms with Crippen molar-refractivity contribution in [2.45, 2.75) is 11.8 Å². The first kappa shape index (κ1) is 25.5. The number of hydrogen-bond acceptors (Lipinski definition) is 5. The number of amides is 2. The number of carbonyl (C=O) groups excluding carboxylic acids is 2. The van der Waals surface area contributed by atoms with Crippen LogP contribution in [-0.2, 0) is 14.6 Å². The Kier molecular flexibility index (Phi) is 7.15. The molecule has 0 aromatic heterocycles. The Bertz CT molecular complexity index is 1590. The first-order valence-electron chi connectivity index (χ1n) is 12.5. The molecule has 0 aliphatic carbocycles. The summed E-state index contributed by atoms with van der Waals surface area (Å²) in [5.74, 6) is -1.17. The molecule has 0 bridgehead atoms. The molecule has 38 heavy (non-hydrogen) atoms. The van der Waals surface area contributed by atoms with Crippen molar-refractivity contribution >= 4 is 43.8 Å². The van der Waals surface area contributed by atoms with E-state index < -0.39 is 21.5 Å². The van der Waals surface area contributed by atoms with Crippen LogP contribution in [0.3, 0.4) is 0 Å². The summed E-state index contributed by atoms with van der Waals surface area (Å²) in [7, 11) is -3.78. The molecule has 1 aliphatic heterocycles. The largest absolute Gasteiger partial charge is 0.368 e.